The maximum atomic E-state index is 5.93. The van der Waals surface area contributed by atoms with Gasteiger partial charge in [0, 0.05) is 25.2 Å². The first-order valence-corrected chi connectivity index (χ1v) is 7.44. The lowest BCUT2D eigenvalue weighted by Gasteiger charge is -2.27. The van der Waals surface area contributed by atoms with Gasteiger partial charge in [-0.15, -0.1) is 0 Å². The third-order valence-corrected chi connectivity index (χ3v) is 3.53. The number of hydrogen-bond donors (Lipinski definition) is 1. The summed E-state index contributed by atoms with van der Waals surface area (Å²) in [5.74, 6) is 6.32. The molecule has 0 spiro atoms. The van der Waals surface area contributed by atoms with E-state index in [4.69, 9.17) is 15.3 Å². The van der Waals surface area contributed by atoms with Crippen LogP contribution in [0.2, 0.25) is 0 Å². The number of morpholine rings is 1. The average Bonchev–Trinajstić information content (AvgIpc) is 2.49. The number of nitrogens with two attached hydrogens (primary N) is 1. The number of rotatable bonds is 5. The minimum atomic E-state index is 0.156. The summed E-state index contributed by atoms with van der Waals surface area (Å²) in [7, 11) is 0. The molecule has 5 heteroatoms. The van der Waals surface area contributed by atoms with E-state index < -0.39 is 0 Å². The van der Waals surface area contributed by atoms with Gasteiger partial charge < -0.3 is 15.3 Å². The smallest absolute Gasteiger partial charge is 0.124 e. The molecule has 116 valence electrons. The van der Waals surface area contributed by atoms with E-state index in [2.05, 4.69) is 16.1 Å². The number of hydrazone groups is 1. The average molecular weight is 291 g/mol. The SMILES string of the molecule is C/C(=N\N)c1ccc(OC(C)C)c(CN2CCOCC2)c1. The largest absolute Gasteiger partial charge is 0.491 e. The molecule has 1 aromatic carbocycles. The highest BCUT2D eigenvalue weighted by Crippen LogP contribution is 2.24. The molecule has 2 N–H and O–H groups in total. The Morgan fingerprint density at radius 3 is 2.71 bits per heavy atom. The Morgan fingerprint density at radius 1 is 1.38 bits per heavy atom. The normalized spacial score (nSPS) is 17.2. The molecule has 1 aliphatic rings. The number of hydrogen-bond acceptors (Lipinski definition) is 5. The van der Waals surface area contributed by atoms with E-state index in [0.717, 1.165) is 49.9 Å². The van der Waals surface area contributed by atoms with Crippen LogP contribution in [0.3, 0.4) is 0 Å². The summed E-state index contributed by atoms with van der Waals surface area (Å²) >= 11 is 0. The van der Waals surface area contributed by atoms with Crippen LogP contribution in [0.4, 0.5) is 0 Å². The van der Waals surface area contributed by atoms with Crippen LogP contribution >= 0.6 is 0 Å². The third kappa shape index (κ3) is 4.44. The van der Waals surface area contributed by atoms with E-state index in [1.165, 1.54) is 5.56 Å². The van der Waals surface area contributed by atoms with Gasteiger partial charge >= 0.3 is 0 Å². The standard InChI is InChI=1S/C16H25N3O2/c1-12(2)21-16-5-4-14(13(3)18-17)10-15(16)11-19-6-8-20-9-7-19/h4-5,10,12H,6-9,11,17H2,1-3H3/b18-13+. The molecule has 1 aromatic rings. The lowest BCUT2D eigenvalue weighted by atomic mass is 10.1. The molecular formula is C16H25N3O2. The first-order chi connectivity index (χ1) is 10.1. The highest BCUT2D eigenvalue weighted by molar-refractivity contribution is 5.98. The Kier molecular flexibility index (Phi) is 5.59. The van der Waals surface area contributed by atoms with Gasteiger partial charge in [0.1, 0.15) is 5.75 Å². The predicted octanol–water partition coefficient (Wildman–Crippen LogP) is 1.99. The quantitative estimate of drug-likeness (QED) is 0.512. The van der Waals surface area contributed by atoms with Gasteiger partial charge in [-0.3, -0.25) is 4.90 Å². The van der Waals surface area contributed by atoms with Crippen LogP contribution in [0.15, 0.2) is 23.3 Å². The van der Waals surface area contributed by atoms with Crippen molar-refractivity contribution in [2.75, 3.05) is 26.3 Å². The summed E-state index contributed by atoms with van der Waals surface area (Å²) in [6.45, 7) is 10.4. The van der Waals surface area contributed by atoms with E-state index in [1.807, 2.05) is 32.9 Å². The van der Waals surface area contributed by atoms with Crippen LogP contribution in [0.25, 0.3) is 0 Å². The van der Waals surface area contributed by atoms with E-state index in [0.29, 0.717) is 0 Å². The van der Waals surface area contributed by atoms with Crippen molar-refractivity contribution in [2.45, 2.75) is 33.4 Å². The third-order valence-electron chi connectivity index (χ3n) is 3.53. The minimum Gasteiger partial charge on any atom is -0.491 e. The van der Waals surface area contributed by atoms with Gasteiger partial charge in [0.2, 0.25) is 0 Å². The van der Waals surface area contributed by atoms with Crippen molar-refractivity contribution < 1.29 is 9.47 Å². The Hall–Kier alpha value is -1.59. The molecule has 0 saturated carbocycles. The molecule has 21 heavy (non-hydrogen) atoms. The van der Waals surface area contributed by atoms with E-state index in [-0.39, 0.29) is 6.10 Å². The molecule has 0 atom stereocenters. The first kappa shape index (κ1) is 15.8. The molecule has 1 aliphatic heterocycles. The minimum absolute atomic E-state index is 0.156. The van der Waals surface area contributed by atoms with Crippen molar-refractivity contribution in [1.29, 1.82) is 0 Å². The zero-order chi connectivity index (χ0) is 15.2. The molecular weight excluding hydrogens is 266 g/mol. The van der Waals surface area contributed by atoms with Gasteiger partial charge in [-0.05, 0) is 44.5 Å². The molecule has 0 amide bonds. The molecule has 0 radical (unpaired) electrons. The molecule has 0 unspecified atom stereocenters. The van der Waals surface area contributed by atoms with Gasteiger partial charge in [0.15, 0.2) is 0 Å². The van der Waals surface area contributed by atoms with E-state index >= 15 is 0 Å². The second kappa shape index (κ2) is 7.43. The van der Waals surface area contributed by atoms with Gasteiger partial charge in [-0.1, -0.05) is 0 Å². The van der Waals surface area contributed by atoms with Gasteiger partial charge in [-0.2, -0.15) is 5.10 Å². The number of ether oxygens (including phenoxy) is 2. The molecule has 5 nitrogen and oxygen atoms in total. The van der Waals surface area contributed by atoms with Crippen LogP contribution in [0.5, 0.6) is 5.75 Å². The second-order valence-electron chi connectivity index (χ2n) is 5.59. The molecule has 1 heterocycles. The molecule has 2 rings (SSSR count). The highest BCUT2D eigenvalue weighted by atomic mass is 16.5. The fourth-order valence-electron chi connectivity index (χ4n) is 2.37. The van der Waals surface area contributed by atoms with E-state index in [9.17, 15) is 0 Å². The fraction of sp³-hybridized carbons (Fsp3) is 0.562. The lowest BCUT2D eigenvalue weighted by Crippen LogP contribution is -2.35. The number of benzene rings is 1. The summed E-state index contributed by atoms with van der Waals surface area (Å²) < 4.78 is 11.3. The van der Waals surface area contributed by atoms with Crippen molar-refractivity contribution in [3.8, 4) is 5.75 Å². The van der Waals surface area contributed by atoms with Crippen LogP contribution in [-0.2, 0) is 11.3 Å². The monoisotopic (exact) mass is 291 g/mol. The highest BCUT2D eigenvalue weighted by Gasteiger charge is 2.15. The van der Waals surface area contributed by atoms with Crippen LogP contribution < -0.4 is 10.6 Å². The number of nitrogens with zero attached hydrogens (tertiary/aromatic N) is 2. The fourth-order valence-corrected chi connectivity index (χ4v) is 2.37. The van der Waals surface area contributed by atoms with Crippen molar-refractivity contribution in [1.82, 2.24) is 4.90 Å². The Bertz CT molecular complexity index is 494. The van der Waals surface area contributed by atoms with Crippen molar-refractivity contribution in [3.05, 3.63) is 29.3 Å². The van der Waals surface area contributed by atoms with Crippen LogP contribution in [-0.4, -0.2) is 43.0 Å². The summed E-state index contributed by atoms with van der Waals surface area (Å²) in [6.07, 6.45) is 0.156. The van der Waals surface area contributed by atoms with Gasteiger partial charge in [0.05, 0.1) is 25.0 Å². The van der Waals surface area contributed by atoms with Crippen molar-refractivity contribution in [2.24, 2.45) is 10.9 Å². The molecule has 1 saturated heterocycles. The van der Waals surface area contributed by atoms with Gasteiger partial charge in [0.25, 0.3) is 0 Å². The van der Waals surface area contributed by atoms with Crippen LogP contribution in [0.1, 0.15) is 31.9 Å². The summed E-state index contributed by atoms with van der Waals surface area (Å²) in [6, 6.07) is 6.14. The molecule has 0 aliphatic carbocycles. The van der Waals surface area contributed by atoms with Crippen LogP contribution in [0, 0.1) is 0 Å². The summed E-state index contributed by atoms with van der Waals surface area (Å²) in [4.78, 5) is 2.38. The maximum absolute atomic E-state index is 5.93. The van der Waals surface area contributed by atoms with Gasteiger partial charge in [-0.25, -0.2) is 0 Å². The molecule has 0 aromatic heterocycles. The van der Waals surface area contributed by atoms with Crippen molar-refractivity contribution >= 4 is 5.71 Å². The lowest BCUT2D eigenvalue weighted by molar-refractivity contribution is 0.0336. The predicted molar refractivity (Wildman–Crippen MR) is 84.7 cm³/mol. The Labute approximate surface area is 126 Å². The summed E-state index contributed by atoms with van der Waals surface area (Å²) in [5.41, 5.74) is 3.04. The topological polar surface area (TPSA) is 60.1 Å². The van der Waals surface area contributed by atoms with E-state index in [1.54, 1.807) is 0 Å². The second-order valence-corrected chi connectivity index (χ2v) is 5.59. The molecule has 0 bridgehead atoms. The first-order valence-electron chi connectivity index (χ1n) is 7.44. The summed E-state index contributed by atoms with van der Waals surface area (Å²) in [5, 5.41) is 3.78. The Morgan fingerprint density at radius 2 is 2.10 bits per heavy atom. The Balaban J connectivity index is 2.23. The zero-order valence-electron chi connectivity index (χ0n) is 13.1. The molecule has 1 fully saturated rings. The zero-order valence-corrected chi connectivity index (χ0v) is 13.1. The maximum Gasteiger partial charge on any atom is 0.124 e. The van der Waals surface area contributed by atoms with Crippen molar-refractivity contribution in [3.63, 3.8) is 0 Å².